The number of nitrogens with one attached hydrogen (secondary N) is 2. The highest BCUT2D eigenvalue weighted by Crippen LogP contribution is 2.15. The van der Waals surface area contributed by atoms with Crippen molar-refractivity contribution in [2.75, 3.05) is 11.9 Å². The summed E-state index contributed by atoms with van der Waals surface area (Å²) in [5, 5.41) is 6.09. The van der Waals surface area contributed by atoms with Gasteiger partial charge in [-0.25, -0.2) is 9.97 Å². The largest absolute Gasteiger partial charge is 0.322 e. The lowest BCUT2D eigenvalue weighted by atomic mass is 10.0. The van der Waals surface area contributed by atoms with Crippen LogP contribution < -0.4 is 10.6 Å². The number of nitrogens with zero attached hydrogens (tertiary/aromatic N) is 2. The molecule has 1 fully saturated rings. The fourth-order valence-electron chi connectivity index (χ4n) is 2.43. The molecular formula is C16H18N4O. The minimum atomic E-state index is -0.104. The molecule has 0 spiro atoms. The molecular weight excluding hydrogens is 264 g/mol. The summed E-state index contributed by atoms with van der Waals surface area (Å²) in [5.74, 6) is 0.648. The molecule has 2 N–H and O–H groups in total. The van der Waals surface area contributed by atoms with Crippen LogP contribution in [0, 0.1) is 0 Å². The van der Waals surface area contributed by atoms with Crippen molar-refractivity contribution in [3.05, 3.63) is 42.7 Å². The van der Waals surface area contributed by atoms with E-state index in [2.05, 4.69) is 20.6 Å². The first-order valence-corrected chi connectivity index (χ1v) is 7.24. The van der Waals surface area contributed by atoms with Crippen LogP contribution >= 0.6 is 0 Å². The Bertz CT molecular complexity index is 591. The van der Waals surface area contributed by atoms with E-state index >= 15 is 0 Å². The number of anilines is 1. The number of piperidine rings is 1. The summed E-state index contributed by atoms with van der Waals surface area (Å²) in [5.41, 5.74) is 1.59. The van der Waals surface area contributed by atoms with E-state index in [1.807, 2.05) is 30.3 Å². The molecule has 1 saturated heterocycles. The van der Waals surface area contributed by atoms with E-state index in [1.54, 1.807) is 12.4 Å². The van der Waals surface area contributed by atoms with E-state index in [1.165, 1.54) is 0 Å². The molecule has 1 atom stereocenters. The maximum atomic E-state index is 12.1. The van der Waals surface area contributed by atoms with E-state index in [4.69, 9.17) is 0 Å². The number of benzene rings is 1. The third kappa shape index (κ3) is 3.44. The van der Waals surface area contributed by atoms with Gasteiger partial charge in [0, 0.05) is 5.56 Å². The van der Waals surface area contributed by atoms with Crippen molar-refractivity contribution in [1.29, 1.82) is 0 Å². The highest BCUT2D eigenvalue weighted by atomic mass is 16.2. The van der Waals surface area contributed by atoms with Crippen LogP contribution in [0.15, 0.2) is 42.7 Å². The molecule has 1 aromatic carbocycles. The van der Waals surface area contributed by atoms with Crippen molar-refractivity contribution in [1.82, 2.24) is 15.3 Å². The fraction of sp³-hybridized carbons (Fsp3) is 0.312. The molecule has 1 amide bonds. The summed E-state index contributed by atoms with van der Waals surface area (Å²) in [7, 11) is 0. The molecule has 2 aromatic rings. The number of hydrogen-bond acceptors (Lipinski definition) is 4. The number of carbonyl (C=O) groups is 1. The zero-order chi connectivity index (χ0) is 14.5. The monoisotopic (exact) mass is 282 g/mol. The van der Waals surface area contributed by atoms with E-state index in [9.17, 15) is 4.79 Å². The molecule has 1 aromatic heterocycles. The number of aromatic nitrogens is 2. The first-order chi connectivity index (χ1) is 10.3. The molecule has 5 heteroatoms. The first kappa shape index (κ1) is 13.7. The lowest BCUT2D eigenvalue weighted by Crippen LogP contribution is -2.43. The maximum Gasteiger partial charge on any atom is 0.241 e. The van der Waals surface area contributed by atoms with Crippen LogP contribution in [-0.4, -0.2) is 28.5 Å². The fourth-order valence-corrected chi connectivity index (χ4v) is 2.43. The number of carbonyl (C=O) groups excluding carboxylic acids is 1. The Kier molecular flexibility index (Phi) is 4.21. The Balaban J connectivity index is 1.65. The summed E-state index contributed by atoms with van der Waals surface area (Å²) in [6.45, 7) is 0.904. The number of rotatable bonds is 3. The van der Waals surface area contributed by atoms with E-state index in [0.717, 1.165) is 31.4 Å². The maximum absolute atomic E-state index is 12.1. The smallest absolute Gasteiger partial charge is 0.241 e. The summed E-state index contributed by atoms with van der Waals surface area (Å²) in [6, 6.07) is 9.66. The van der Waals surface area contributed by atoms with Crippen molar-refractivity contribution in [3.63, 3.8) is 0 Å². The highest BCUT2D eigenvalue weighted by molar-refractivity contribution is 5.94. The van der Waals surface area contributed by atoms with Crippen LogP contribution in [0.4, 0.5) is 5.69 Å². The molecule has 0 bridgehead atoms. The lowest BCUT2D eigenvalue weighted by molar-refractivity contribution is -0.118. The average Bonchev–Trinajstić information content (AvgIpc) is 2.57. The van der Waals surface area contributed by atoms with Crippen molar-refractivity contribution in [2.24, 2.45) is 0 Å². The molecule has 3 rings (SSSR count). The molecule has 1 aliphatic heterocycles. The quantitative estimate of drug-likeness (QED) is 0.906. The van der Waals surface area contributed by atoms with Crippen molar-refractivity contribution >= 4 is 11.6 Å². The third-order valence-electron chi connectivity index (χ3n) is 3.58. The predicted molar refractivity (Wildman–Crippen MR) is 81.7 cm³/mol. The van der Waals surface area contributed by atoms with Gasteiger partial charge in [0.25, 0.3) is 0 Å². The van der Waals surface area contributed by atoms with Crippen LogP contribution in [-0.2, 0) is 4.79 Å². The van der Waals surface area contributed by atoms with E-state index in [0.29, 0.717) is 11.5 Å². The first-order valence-electron chi connectivity index (χ1n) is 7.24. The van der Waals surface area contributed by atoms with E-state index in [-0.39, 0.29) is 11.9 Å². The van der Waals surface area contributed by atoms with Gasteiger partial charge in [0.15, 0.2) is 5.82 Å². The van der Waals surface area contributed by atoms with Gasteiger partial charge in [-0.05, 0) is 19.4 Å². The Hall–Kier alpha value is -2.27. The molecule has 0 radical (unpaired) electrons. The van der Waals surface area contributed by atoms with Gasteiger partial charge in [0.1, 0.15) is 0 Å². The zero-order valence-corrected chi connectivity index (χ0v) is 11.7. The standard InChI is InChI=1S/C16H18N4O/c21-16(14-8-4-5-9-17-14)20-13-10-18-15(19-11-13)12-6-2-1-3-7-12/h1-3,6-7,10-11,14,17H,4-5,8-9H2,(H,20,21). The van der Waals surface area contributed by atoms with Gasteiger partial charge < -0.3 is 10.6 Å². The van der Waals surface area contributed by atoms with Gasteiger partial charge in [-0.15, -0.1) is 0 Å². The van der Waals surface area contributed by atoms with Crippen LogP contribution in [0.3, 0.4) is 0 Å². The Labute approximate surface area is 123 Å². The summed E-state index contributed by atoms with van der Waals surface area (Å²) >= 11 is 0. The van der Waals surface area contributed by atoms with Crippen LogP contribution in [0.5, 0.6) is 0 Å². The number of hydrogen-bond donors (Lipinski definition) is 2. The SMILES string of the molecule is O=C(Nc1cnc(-c2ccccc2)nc1)C1CCCCN1. The summed E-state index contributed by atoms with van der Waals surface area (Å²) in [6.07, 6.45) is 6.41. The van der Waals surface area contributed by atoms with Gasteiger partial charge in [0.05, 0.1) is 24.1 Å². The number of amides is 1. The van der Waals surface area contributed by atoms with E-state index < -0.39 is 0 Å². The Morgan fingerprint density at radius 3 is 2.57 bits per heavy atom. The third-order valence-corrected chi connectivity index (χ3v) is 3.58. The van der Waals surface area contributed by atoms with Gasteiger partial charge in [-0.2, -0.15) is 0 Å². The minimum Gasteiger partial charge on any atom is -0.322 e. The van der Waals surface area contributed by atoms with Crippen LogP contribution in [0.2, 0.25) is 0 Å². The van der Waals surface area contributed by atoms with Crippen molar-refractivity contribution in [2.45, 2.75) is 25.3 Å². The second-order valence-corrected chi connectivity index (χ2v) is 5.15. The second-order valence-electron chi connectivity index (χ2n) is 5.15. The molecule has 1 unspecified atom stereocenters. The van der Waals surface area contributed by atoms with Gasteiger partial charge >= 0.3 is 0 Å². The molecule has 108 valence electrons. The molecule has 2 heterocycles. The average molecular weight is 282 g/mol. The van der Waals surface area contributed by atoms with Crippen molar-refractivity contribution in [3.8, 4) is 11.4 Å². The minimum absolute atomic E-state index is 0.00855. The Morgan fingerprint density at radius 2 is 1.90 bits per heavy atom. The zero-order valence-electron chi connectivity index (χ0n) is 11.7. The summed E-state index contributed by atoms with van der Waals surface area (Å²) < 4.78 is 0. The normalized spacial score (nSPS) is 18.2. The highest BCUT2D eigenvalue weighted by Gasteiger charge is 2.20. The van der Waals surface area contributed by atoms with Crippen molar-refractivity contribution < 1.29 is 4.79 Å². The molecule has 21 heavy (non-hydrogen) atoms. The predicted octanol–water partition coefficient (Wildman–Crippen LogP) is 2.22. The van der Waals surface area contributed by atoms with Gasteiger partial charge in [-0.3, -0.25) is 4.79 Å². The molecule has 0 aliphatic carbocycles. The second kappa shape index (κ2) is 6.45. The van der Waals surface area contributed by atoms with Crippen LogP contribution in [0.25, 0.3) is 11.4 Å². The Morgan fingerprint density at radius 1 is 1.14 bits per heavy atom. The van der Waals surface area contributed by atoms with Gasteiger partial charge in [-0.1, -0.05) is 36.8 Å². The molecule has 0 saturated carbocycles. The topological polar surface area (TPSA) is 66.9 Å². The lowest BCUT2D eigenvalue weighted by Gasteiger charge is -2.22. The summed E-state index contributed by atoms with van der Waals surface area (Å²) in [4.78, 5) is 20.7. The van der Waals surface area contributed by atoms with Gasteiger partial charge in [0.2, 0.25) is 5.91 Å². The van der Waals surface area contributed by atoms with Crippen LogP contribution in [0.1, 0.15) is 19.3 Å². The molecule has 5 nitrogen and oxygen atoms in total. The molecule has 1 aliphatic rings.